The van der Waals surface area contributed by atoms with Crippen LogP contribution in [0.1, 0.15) is 0 Å². The number of rotatable bonds is 3. The lowest BCUT2D eigenvalue weighted by molar-refractivity contribution is -0.261. The molecule has 0 rings (SSSR count). The molecular weight excluding hydrogens is 314 g/mol. The van der Waals surface area contributed by atoms with Gasteiger partial charge < -0.3 is 0 Å². The molecular formula is C6HCl2F9. The molecule has 0 fully saturated rings. The molecule has 0 aliphatic heterocycles. The fraction of sp³-hybridized carbons (Fsp3) is 0.667. The number of allylic oxidation sites excluding steroid dienone is 1. The van der Waals surface area contributed by atoms with Crippen molar-refractivity contribution < 1.29 is 39.5 Å². The van der Waals surface area contributed by atoms with Gasteiger partial charge in [-0.05, 0) is 0 Å². The van der Waals surface area contributed by atoms with E-state index in [0.717, 1.165) is 0 Å². The molecule has 0 bridgehead atoms. The SMILES string of the molecule is FC(F)=C(Cl)C(F)(Cl)C(F)(F)C(F)C(F)(F)F. The highest BCUT2D eigenvalue weighted by molar-refractivity contribution is 6.39. The van der Waals surface area contributed by atoms with E-state index in [2.05, 4.69) is 23.2 Å². The Labute approximate surface area is 98.0 Å². The molecule has 0 amide bonds. The van der Waals surface area contributed by atoms with Crippen LogP contribution in [-0.4, -0.2) is 23.4 Å². The minimum Gasteiger partial charge on any atom is -0.230 e. The van der Waals surface area contributed by atoms with Crippen molar-refractivity contribution in [3.05, 3.63) is 11.1 Å². The molecule has 0 spiro atoms. The Hall–Kier alpha value is -0.310. The van der Waals surface area contributed by atoms with Crippen molar-refractivity contribution >= 4 is 23.2 Å². The standard InChI is InChI=1S/C6HCl2F9/c7-1(2(9)10)4(8,12)5(13,14)3(11)6(15,16)17/h3H. The van der Waals surface area contributed by atoms with Gasteiger partial charge in [0.25, 0.3) is 17.4 Å². The van der Waals surface area contributed by atoms with Crippen LogP contribution in [0, 0.1) is 0 Å². The smallest absolute Gasteiger partial charge is 0.230 e. The molecule has 2 atom stereocenters. The highest BCUT2D eigenvalue weighted by atomic mass is 35.5. The molecule has 11 heteroatoms. The summed E-state index contributed by atoms with van der Waals surface area (Å²) in [5.41, 5.74) is 0. The summed E-state index contributed by atoms with van der Waals surface area (Å²) in [5, 5.41) is -7.92. The predicted molar refractivity (Wildman–Crippen MR) is 40.7 cm³/mol. The molecule has 0 aromatic carbocycles. The first-order valence-corrected chi connectivity index (χ1v) is 4.19. The second-order valence-corrected chi connectivity index (χ2v) is 3.57. The van der Waals surface area contributed by atoms with Gasteiger partial charge in [-0.2, -0.15) is 30.7 Å². The summed E-state index contributed by atoms with van der Waals surface area (Å²) in [6.07, 6.45) is -14.6. The molecule has 0 heterocycles. The van der Waals surface area contributed by atoms with Crippen LogP contribution in [-0.2, 0) is 0 Å². The van der Waals surface area contributed by atoms with Gasteiger partial charge in [0.1, 0.15) is 5.03 Å². The Balaban J connectivity index is 5.54. The van der Waals surface area contributed by atoms with Crippen molar-refractivity contribution in [2.24, 2.45) is 0 Å². The van der Waals surface area contributed by atoms with E-state index < -0.39 is 34.5 Å². The maximum atomic E-state index is 12.9. The Morgan fingerprint density at radius 2 is 1.29 bits per heavy atom. The first-order valence-electron chi connectivity index (χ1n) is 3.44. The van der Waals surface area contributed by atoms with Crippen LogP contribution in [0.2, 0.25) is 0 Å². The van der Waals surface area contributed by atoms with E-state index in [1.807, 2.05) is 0 Å². The van der Waals surface area contributed by atoms with Gasteiger partial charge in [-0.25, -0.2) is 8.78 Å². The number of halogens is 11. The summed E-state index contributed by atoms with van der Waals surface area (Å²) in [4.78, 5) is 0. The normalized spacial score (nSPS) is 18.5. The molecule has 0 aromatic rings. The van der Waals surface area contributed by atoms with Crippen LogP contribution in [0.25, 0.3) is 0 Å². The van der Waals surface area contributed by atoms with E-state index in [4.69, 9.17) is 0 Å². The zero-order chi connectivity index (χ0) is 14.2. The summed E-state index contributed by atoms with van der Waals surface area (Å²) in [6.45, 7) is 0. The van der Waals surface area contributed by atoms with Crippen molar-refractivity contribution in [1.82, 2.24) is 0 Å². The maximum Gasteiger partial charge on any atom is 0.425 e. The highest BCUT2D eigenvalue weighted by Gasteiger charge is 2.70. The van der Waals surface area contributed by atoms with Gasteiger partial charge in [0, 0.05) is 0 Å². The van der Waals surface area contributed by atoms with E-state index in [1.165, 1.54) is 0 Å². The highest BCUT2D eigenvalue weighted by Crippen LogP contribution is 2.51. The van der Waals surface area contributed by atoms with Gasteiger partial charge in [-0.3, -0.25) is 0 Å². The van der Waals surface area contributed by atoms with Crippen molar-refractivity contribution in [3.63, 3.8) is 0 Å². The Morgan fingerprint density at radius 3 is 1.53 bits per heavy atom. The van der Waals surface area contributed by atoms with Gasteiger partial charge >= 0.3 is 12.1 Å². The first-order chi connectivity index (χ1) is 7.26. The summed E-state index contributed by atoms with van der Waals surface area (Å²) >= 11 is 8.44. The van der Waals surface area contributed by atoms with Crippen LogP contribution in [0.5, 0.6) is 0 Å². The van der Waals surface area contributed by atoms with Crippen LogP contribution in [0.4, 0.5) is 39.5 Å². The molecule has 0 nitrogen and oxygen atoms in total. The zero-order valence-electron chi connectivity index (χ0n) is 7.23. The summed E-state index contributed by atoms with van der Waals surface area (Å²) in [5.74, 6) is -6.02. The molecule has 0 aliphatic rings. The average molecular weight is 315 g/mol. The third kappa shape index (κ3) is 3.12. The van der Waals surface area contributed by atoms with Crippen LogP contribution in [0.15, 0.2) is 11.1 Å². The summed E-state index contributed by atoms with van der Waals surface area (Å²) in [7, 11) is 0. The Bertz CT molecular complexity index is 314. The lowest BCUT2D eigenvalue weighted by Crippen LogP contribution is -2.53. The average Bonchev–Trinajstić information content (AvgIpc) is 2.13. The van der Waals surface area contributed by atoms with Gasteiger partial charge in [-0.15, -0.1) is 0 Å². The fourth-order valence-electron chi connectivity index (χ4n) is 0.630. The second kappa shape index (κ2) is 4.75. The number of alkyl halides is 8. The minimum absolute atomic E-state index is 2.71. The fourth-order valence-corrected chi connectivity index (χ4v) is 0.923. The Morgan fingerprint density at radius 1 is 0.941 bits per heavy atom. The van der Waals surface area contributed by atoms with E-state index >= 15 is 0 Å². The van der Waals surface area contributed by atoms with Gasteiger partial charge in [-0.1, -0.05) is 23.2 Å². The molecule has 0 saturated carbocycles. The predicted octanol–water partition coefficient (Wildman–Crippen LogP) is 4.77. The molecule has 0 saturated heterocycles. The third-order valence-corrected chi connectivity index (χ3v) is 2.41. The minimum atomic E-state index is -6.19. The van der Waals surface area contributed by atoms with E-state index in [0.29, 0.717) is 0 Å². The van der Waals surface area contributed by atoms with Crippen molar-refractivity contribution in [3.8, 4) is 0 Å². The van der Waals surface area contributed by atoms with Crippen LogP contribution >= 0.6 is 23.2 Å². The van der Waals surface area contributed by atoms with Gasteiger partial charge in [0.2, 0.25) is 0 Å². The van der Waals surface area contributed by atoms with Crippen molar-refractivity contribution in [2.75, 3.05) is 0 Å². The lowest BCUT2D eigenvalue weighted by Gasteiger charge is -2.30. The van der Waals surface area contributed by atoms with E-state index in [-0.39, 0.29) is 0 Å². The molecule has 0 N–H and O–H groups in total. The van der Waals surface area contributed by atoms with Crippen molar-refractivity contribution in [2.45, 2.75) is 23.4 Å². The number of hydrogen-bond acceptors (Lipinski definition) is 0. The number of hydrogen-bond donors (Lipinski definition) is 0. The topological polar surface area (TPSA) is 0 Å². The second-order valence-electron chi connectivity index (χ2n) is 2.68. The molecule has 17 heavy (non-hydrogen) atoms. The molecule has 0 aromatic heterocycles. The third-order valence-electron chi connectivity index (χ3n) is 1.47. The van der Waals surface area contributed by atoms with E-state index in [9.17, 15) is 39.5 Å². The van der Waals surface area contributed by atoms with Gasteiger partial charge in [0.15, 0.2) is 0 Å². The summed E-state index contributed by atoms with van der Waals surface area (Å²) in [6, 6.07) is 0. The molecule has 2 unspecified atom stereocenters. The Kier molecular flexibility index (Phi) is 4.67. The monoisotopic (exact) mass is 314 g/mol. The maximum absolute atomic E-state index is 12.9. The molecule has 0 aliphatic carbocycles. The van der Waals surface area contributed by atoms with Crippen LogP contribution < -0.4 is 0 Å². The molecule has 0 radical (unpaired) electrons. The quantitative estimate of drug-likeness (QED) is 0.520. The first kappa shape index (κ1) is 16.7. The van der Waals surface area contributed by atoms with Gasteiger partial charge in [0.05, 0.1) is 0 Å². The largest absolute Gasteiger partial charge is 0.425 e. The summed E-state index contributed by atoms with van der Waals surface area (Å²) < 4.78 is 109. The lowest BCUT2D eigenvalue weighted by atomic mass is 10.1. The van der Waals surface area contributed by atoms with E-state index in [1.54, 1.807) is 0 Å². The molecule has 102 valence electrons. The zero-order valence-corrected chi connectivity index (χ0v) is 8.75. The van der Waals surface area contributed by atoms with Crippen molar-refractivity contribution in [1.29, 1.82) is 0 Å². The van der Waals surface area contributed by atoms with Crippen LogP contribution in [0.3, 0.4) is 0 Å².